The summed E-state index contributed by atoms with van der Waals surface area (Å²) in [5, 5.41) is 0. The zero-order chi connectivity index (χ0) is 20.1. The molecule has 1 rings (SSSR count). The molecule has 0 aromatic carbocycles. The molecule has 26 heavy (non-hydrogen) atoms. The fourth-order valence-electron chi connectivity index (χ4n) is 4.95. The van der Waals surface area contributed by atoms with Crippen LogP contribution >= 0.6 is 0 Å². The molecule has 156 valence electrons. The molecule has 0 aromatic rings. The molecule has 1 aliphatic heterocycles. The number of hydrogen-bond acceptors (Lipinski definition) is 2. The van der Waals surface area contributed by atoms with E-state index in [9.17, 15) is 0 Å². The zero-order valence-electron chi connectivity index (χ0n) is 19.5. The van der Waals surface area contributed by atoms with Gasteiger partial charge in [0.2, 0.25) is 0 Å². The Morgan fingerprint density at radius 1 is 0.846 bits per heavy atom. The monoisotopic (exact) mass is 476 g/mol. The Hall–Kier alpha value is 0.719. The van der Waals surface area contributed by atoms with E-state index in [-0.39, 0.29) is 16.6 Å². The van der Waals surface area contributed by atoms with E-state index in [1.54, 1.807) is 0 Å². The first-order chi connectivity index (χ1) is 12.1. The second-order valence-electron chi connectivity index (χ2n) is 9.73. The molecular formula is C23H48O2Sn. The quantitative estimate of drug-likeness (QED) is 0.190. The summed E-state index contributed by atoms with van der Waals surface area (Å²) in [6, 6.07) is 0. The molecule has 0 saturated carbocycles. The van der Waals surface area contributed by atoms with Gasteiger partial charge < -0.3 is 0 Å². The summed E-state index contributed by atoms with van der Waals surface area (Å²) in [7, 11) is 0. The van der Waals surface area contributed by atoms with Gasteiger partial charge in [0.15, 0.2) is 0 Å². The SMILES string of the molecule is CCC[CH2][Sn]([CH2]CCC)([CH2]CCC)[O]C(C)(C)C(C)(C)C1(CC)OC1C. The number of unbranched alkanes of at least 4 members (excludes halogenated alkanes) is 3. The van der Waals surface area contributed by atoms with Crippen LogP contribution in [0.2, 0.25) is 13.3 Å². The molecule has 1 aliphatic rings. The van der Waals surface area contributed by atoms with Crippen molar-refractivity contribution in [3.63, 3.8) is 0 Å². The summed E-state index contributed by atoms with van der Waals surface area (Å²) in [4.78, 5) is 0. The van der Waals surface area contributed by atoms with Gasteiger partial charge in [-0.1, -0.05) is 0 Å². The van der Waals surface area contributed by atoms with E-state index < -0.39 is 18.8 Å². The third kappa shape index (κ3) is 5.20. The van der Waals surface area contributed by atoms with Crippen molar-refractivity contribution in [1.82, 2.24) is 0 Å². The first kappa shape index (κ1) is 24.8. The summed E-state index contributed by atoms with van der Waals surface area (Å²) in [6.45, 7) is 21.0. The van der Waals surface area contributed by atoms with Gasteiger partial charge in [-0.2, -0.15) is 0 Å². The molecule has 1 fully saturated rings. The Bertz CT molecular complexity index is 393. The maximum absolute atomic E-state index is 7.40. The molecule has 0 aliphatic carbocycles. The van der Waals surface area contributed by atoms with Crippen molar-refractivity contribution in [3.8, 4) is 0 Å². The number of rotatable bonds is 14. The zero-order valence-corrected chi connectivity index (χ0v) is 22.3. The molecule has 0 spiro atoms. The van der Waals surface area contributed by atoms with Crippen LogP contribution in [-0.4, -0.2) is 36.1 Å². The third-order valence-electron chi connectivity index (χ3n) is 7.50. The number of epoxide rings is 1. The summed E-state index contributed by atoms with van der Waals surface area (Å²) in [6.07, 6.45) is 9.38. The van der Waals surface area contributed by atoms with Crippen molar-refractivity contribution in [1.29, 1.82) is 0 Å². The van der Waals surface area contributed by atoms with E-state index in [1.807, 2.05) is 0 Å². The molecule has 0 radical (unpaired) electrons. The van der Waals surface area contributed by atoms with Crippen LogP contribution in [0.4, 0.5) is 0 Å². The van der Waals surface area contributed by atoms with Crippen molar-refractivity contribution in [2.24, 2.45) is 5.41 Å². The van der Waals surface area contributed by atoms with Gasteiger partial charge in [-0.05, 0) is 0 Å². The molecule has 2 nitrogen and oxygen atoms in total. The molecule has 0 amide bonds. The van der Waals surface area contributed by atoms with E-state index >= 15 is 0 Å². The third-order valence-corrected chi connectivity index (χ3v) is 21.0. The molecule has 1 saturated heterocycles. The molecule has 1 heterocycles. The fourth-order valence-corrected chi connectivity index (χ4v) is 20.3. The number of ether oxygens (including phenoxy) is 1. The topological polar surface area (TPSA) is 21.8 Å². The van der Waals surface area contributed by atoms with Gasteiger partial charge in [-0.15, -0.1) is 0 Å². The Kier molecular flexibility index (Phi) is 9.48. The van der Waals surface area contributed by atoms with Gasteiger partial charge in [0, 0.05) is 0 Å². The summed E-state index contributed by atoms with van der Waals surface area (Å²) in [5.41, 5.74) is -0.103. The first-order valence-corrected chi connectivity index (χ1v) is 18.7. The fraction of sp³-hybridized carbons (Fsp3) is 1.00. The molecule has 0 aromatic heterocycles. The standard InChI is InChI=1S/C11H21O2.3C4H9.Sn/c1-7-11(8(2)13-11)9(3,4)10(5,6)12;3*1-3-4-2;/h8H,7H2,1-6H3;3*1,3-4H2,2H3;/q-1;;;;+1. The van der Waals surface area contributed by atoms with Crippen LogP contribution in [0.3, 0.4) is 0 Å². The van der Waals surface area contributed by atoms with E-state index in [0.717, 1.165) is 6.42 Å². The second-order valence-corrected chi connectivity index (χ2v) is 21.4. The number of hydrogen-bond donors (Lipinski definition) is 0. The minimum absolute atomic E-state index is 0.00558. The van der Waals surface area contributed by atoms with Crippen LogP contribution in [-0.2, 0) is 7.81 Å². The predicted octanol–water partition coefficient (Wildman–Crippen LogP) is 7.72. The van der Waals surface area contributed by atoms with Crippen LogP contribution in [0.25, 0.3) is 0 Å². The van der Waals surface area contributed by atoms with Crippen LogP contribution in [0.1, 0.15) is 107 Å². The van der Waals surface area contributed by atoms with Gasteiger partial charge in [0.1, 0.15) is 0 Å². The van der Waals surface area contributed by atoms with Gasteiger partial charge in [0.25, 0.3) is 0 Å². The Morgan fingerprint density at radius 2 is 1.23 bits per heavy atom. The van der Waals surface area contributed by atoms with Crippen molar-refractivity contribution in [2.75, 3.05) is 0 Å². The van der Waals surface area contributed by atoms with Gasteiger partial charge in [-0.3, -0.25) is 0 Å². The van der Waals surface area contributed by atoms with Gasteiger partial charge in [-0.25, -0.2) is 0 Å². The molecule has 0 bridgehead atoms. The van der Waals surface area contributed by atoms with Crippen molar-refractivity contribution < 1.29 is 7.81 Å². The van der Waals surface area contributed by atoms with Crippen molar-refractivity contribution >= 4 is 18.8 Å². The predicted molar refractivity (Wildman–Crippen MR) is 117 cm³/mol. The van der Waals surface area contributed by atoms with Crippen LogP contribution < -0.4 is 0 Å². The first-order valence-electron chi connectivity index (χ1n) is 11.5. The Balaban J connectivity index is 3.11. The van der Waals surface area contributed by atoms with E-state index in [4.69, 9.17) is 7.81 Å². The molecular weight excluding hydrogens is 427 g/mol. The molecule has 2 unspecified atom stereocenters. The average molecular weight is 475 g/mol. The molecule has 3 heteroatoms. The van der Waals surface area contributed by atoms with Crippen LogP contribution in [0.5, 0.6) is 0 Å². The summed E-state index contributed by atoms with van der Waals surface area (Å²) < 4.78 is 17.8. The van der Waals surface area contributed by atoms with Crippen LogP contribution in [0.15, 0.2) is 0 Å². The van der Waals surface area contributed by atoms with E-state index in [2.05, 4.69) is 62.3 Å². The average Bonchev–Trinajstić information content (AvgIpc) is 3.27. The van der Waals surface area contributed by atoms with Crippen LogP contribution in [0, 0.1) is 5.41 Å². The second kappa shape index (κ2) is 9.96. The van der Waals surface area contributed by atoms with Gasteiger partial charge >= 0.3 is 170 Å². The summed E-state index contributed by atoms with van der Waals surface area (Å²) >= 11 is -2.65. The minimum atomic E-state index is -2.65. The Morgan fingerprint density at radius 3 is 1.50 bits per heavy atom. The Labute approximate surface area is 169 Å². The molecule has 0 N–H and O–H groups in total. The normalized spacial score (nSPS) is 24.1. The van der Waals surface area contributed by atoms with Gasteiger partial charge in [0.05, 0.1) is 0 Å². The van der Waals surface area contributed by atoms with E-state index in [0.29, 0.717) is 6.10 Å². The van der Waals surface area contributed by atoms with Crippen molar-refractivity contribution in [2.45, 2.75) is 138 Å². The summed E-state index contributed by atoms with van der Waals surface area (Å²) in [5.74, 6) is 0. The van der Waals surface area contributed by atoms with Crippen molar-refractivity contribution in [3.05, 3.63) is 0 Å². The molecule has 2 atom stereocenters. The van der Waals surface area contributed by atoms with E-state index in [1.165, 1.54) is 51.8 Å². The maximum atomic E-state index is 7.40.